The summed E-state index contributed by atoms with van der Waals surface area (Å²) in [6.07, 6.45) is 3.19. The largest absolute Gasteiger partial charge is 0.494 e. The minimum absolute atomic E-state index is 0.123. The van der Waals surface area contributed by atoms with Gasteiger partial charge in [0.15, 0.2) is 5.78 Å². The Morgan fingerprint density at radius 2 is 1.66 bits per heavy atom. The van der Waals surface area contributed by atoms with Crippen LogP contribution in [0, 0.1) is 0 Å². The van der Waals surface area contributed by atoms with Crippen molar-refractivity contribution in [3.8, 4) is 22.8 Å². The van der Waals surface area contributed by atoms with Crippen LogP contribution < -0.4 is 9.47 Å². The molecule has 4 aromatic carbocycles. The second-order valence-electron chi connectivity index (χ2n) is 8.43. The molecule has 0 aliphatic heterocycles. The van der Waals surface area contributed by atoms with E-state index in [9.17, 15) is 9.59 Å². The Balaban J connectivity index is 1.44. The molecule has 5 nitrogen and oxygen atoms in total. The highest BCUT2D eigenvalue weighted by Gasteiger charge is 2.24. The number of hydrogen-bond acceptors (Lipinski definition) is 5. The molecule has 0 amide bonds. The fourth-order valence-corrected chi connectivity index (χ4v) is 4.32. The second kappa shape index (κ2) is 11.3. The van der Waals surface area contributed by atoms with Gasteiger partial charge in [-0.05, 0) is 73.2 Å². The van der Waals surface area contributed by atoms with Crippen LogP contribution >= 0.6 is 15.9 Å². The van der Waals surface area contributed by atoms with Crippen LogP contribution in [0.1, 0.15) is 33.2 Å². The highest BCUT2D eigenvalue weighted by Crippen LogP contribution is 2.36. The number of benzene rings is 4. The molecule has 0 fully saturated rings. The molecule has 0 N–H and O–H groups in total. The van der Waals surface area contributed by atoms with Gasteiger partial charge in [0.05, 0.1) is 6.61 Å². The van der Waals surface area contributed by atoms with Gasteiger partial charge in [-0.2, -0.15) is 0 Å². The Bertz CT molecular complexity index is 1630. The Labute approximate surface area is 228 Å². The van der Waals surface area contributed by atoms with Crippen molar-refractivity contribution in [3.05, 3.63) is 124 Å². The third-order valence-electron chi connectivity index (χ3n) is 5.84. The summed E-state index contributed by atoms with van der Waals surface area (Å²) in [5, 5.41) is 0.607. The van der Waals surface area contributed by atoms with Crippen LogP contribution in [0.25, 0.3) is 28.4 Å². The van der Waals surface area contributed by atoms with Gasteiger partial charge in [0.2, 0.25) is 0 Å². The molecule has 188 valence electrons. The van der Waals surface area contributed by atoms with E-state index >= 15 is 0 Å². The standard InChI is InChI=1S/C32H23BrO5/c1-2-36-25-16-18-29-27(20-25)30(31(38-29)23-8-4-3-5-9-23)32(35)37-26-10-6-7-21(19-26)11-17-28(34)22-12-14-24(33)15-13-22/h3-20H,2H2,1H3. The average molecular weight is 567 g/mol. The molecule has 5 aromatic rings. The number of furan rings is 1. The highest BCUT2D eigenvalue weighted by atomic mass is 79.9. The predicted molar refractivity (Wildman–Crippen MR) is 152 cm³/mol. The number of carbonyl (C=O) groups excluding carboxylic acids is 2. The quantitative estimate of drug-likeness (QED) is 0.0816. The number of allylic oxidation sites excluding steroid dienone is 1. The van der Waals surface area contributed by atoms with E-state index in [2.05, 4.69) is 15.9 Å². The molecule has 0 aliphatic carbocycles. The number of hydrogen-bond donors (Lipinski definition) is 0. The van der Waals surface area contributed by atoms with Gasteiger partial charge >= 0.3 is 5.97 Å². The van der Waals surface area contributed by atoms with Crippen molar-refractivity contribution in [1.82, 2.24) is 0 Å². The number of carbonyl (C=O) groups is 2. The summed E-state index contributed by atoms with van der Waals surface area (Å²) in [5.74, 6) is 0.737. The summed E-state index contributed by atoms with van der Waals surface area (Å²) in [6.45, 7) is 2.40. The van der Waals surface area contributed by atoms with Gasteiger partial charge in [0.25, 0.3) is 0 Å². The van der Waals surface area contributed by atoms with Crippen LogP contribution in [0.15, 0.2) is 112 Å². The number of ketones is 1. The molecule has 1 heterocycles. The van der Waals surface area contributed by atoms with Crippen LogP contribution in [0.3, 0.4) is 0 Å². The molecule has 5 rings (SSSR count). The summed E-state index contributed by atoms with van der Waals surface area (Å²) < 4.78 is 18.5. The first-order chi connectivity index (χ1) is 18.5. The number of halogens is 1. The van der Waals surface area contributed by atoms with Gasteiger partial charge in [-0.1, -0.05) is 64.5 Å². The Kier molecular flexibility index (Phi) is 7.52. The lowest BCUT2D eigenvalue weighted by molar-refractivity contribution is 0.0736. The van der Waals surface area contributed by atoms with E-state index in [1.165, 1.54) is 6.08 Å². The van der Waals surface area contributed by atoms with E-state index in [0.717, 1.165) is 15.6 Å². The fourth-order valence-electron chi connectivity index (χ4n) is 4.05. The maximum Gasteiger partial charge on any atom is 0.348 e. The molecule has 0 unspecified atom stereocenters. The van der Waals surface area contributed by atoms with Crippen LogP contribution in [0.2, 0.25) is 0 Å². The first-order valence-electron chi connectivity index (χ1n) is 12.1. The number of ether oxygens (including phenoxy) is 2. The van der Waals surface area contributed by atoms with E-state index in [1.54, 1.807) is 48.5 Å². The maximum absolute atomic E-state index is 13.5. The van der Waals surface area contributed by atoms with Crippen LogP contribution in [0.5, 0.6) is 11.5 Å². The molecule has 0 atom stereocenters. The molecule has 1 aromatic heterocycles. The van der Waals surface area contributed by atoms with Crippen LogP contribution in [-0.2, 0) is 0 Å². The van der Waals surface area contributed by atoms with Gasteiger partial charge in [-0.25, -0.2) is 4.79 Å². The predicted octanol–water partition coefficient (Wildman–Crippen LogP) is 8.38. The zero-order chi connectivity index (χ0) is 26.5. The minimum Gasteiger partial charge on any atom is -0.494 e. The van der Waals surface area contributed by atoms with Crippen molar-refractivity contribution in [2.24, 2.45) is 0 Å². The molecule has 0 saturated carbocycles. The zero-order valence-electron chi connectivity index (χ0n) is 20.5. The lowest BCUT2D eigenvalue weighted by Gasteiger charge is -2.07. The van der Waals surface area contributed by atoms with Crippen molar-refractivity contribution in [3.63, 3.8) is 0 Å². The maximum atomic E-state index is 13.5. The summed E-state index contributed by atoms with van der Waals surface area (Å²) >= 11 is 3.37. The van der Waals surface area contributed by atoms with Crippen LogP contribution in [-0.4, -0.2) is 18.4 Å². The molecule has 0 bridgehead atoms. The lowest BCUT2D eigenvalue weighted by Crippen LogP contribution is -2.09. The first kappa shape index (κ1) is 25.2. The number of esters is 1. The Morgan fingerprint density at radius 3 is 2.42 bits per heavy atom. The van der Waals surface area contributed by atoms with Gasteiger partial charge in [0, 0.05) is 21.0 Å². The third-order valence-corrected chi connectivity index (χ3v) is 6.36. The molecule has 0 radical (unpaired) electrons. The van der Waals surface area contributed by atoms with Crippen molar-refractivity contribution in [2.45, 2.75) is 6.92 Å². The van der Waals surface area contributed by atoms with Crippen molar-refractivity contribution >= 4 is 44.7 Å². The summed E-state index contributed by atoms with van der Waals surface area (Å²) in [5.41, 5.74) is 2.94. The number of rotatable bonds is 8. The lowest BCUT2D eigenvalue weighted by atomic mass is 10.1. The van der Waals surface area contributed by atoms with Crippen molar-refractivity contribution in [2.75, 3.05) is 6.61 Å². The molecule has 6 heteroatoms. The summed E-state index contributed by atoms with van der Waals surface area (Å²) in [4.78, 5) is 26.1. The molecule has 38 heavy (non-hydrogen) atoms. The topological polar surface area (TPSA) is 65.7 Å². The van der Waals surface area contributed by atoms with E-state index in [0.29, 0.717) is 46.0 Å². The summed E-state index contributed by atoms with van der Waals surface area (Å²) in [7, 11) is 0. The number of fused-ring (bicyclic) bond motifs is 1. The van der Waals surface area contributed by atoms with E-state index in [1.807, 2.05) is 61.5 Å². The highest BCUT2D eigenvalue weighted by molar-refractivity contribution is 9.10. The average Bonchev–Trinajstić information content (AvgIpc) is 3.32. The van der Waals surface area contributed by atoms with Gasteiger partial charge in [-0.15, -0.1) is 0 Å². The van der Waals surface area contributed by atoms with Gasteiger partial charge in [-0.3, -0.25) is 4.79 Å². The van der Waals surface area contributed by atoms with E-state index in [-0.39, 0.29) is 5.78 Å². The smallest absolute Gasteiger partial charge is 0.348 e. The van der Waals surface area contributed by atoms with Crippen molar-refractivity contribution < 1.29 is 23.5 Å². The Morgan fingerprint density at radius 1 is 0.868 bits per heavy atom. The fraction of sp³-hybridized carbons (Fsp3) is 0.0625. The molecule has 0 spiro atoms. The Hall–Kier alpha value is -4.42. The van der Waals surface area contributed by atoms with Gasteiger partial charge in [0.1, 0.15) is 28.4 Å². The monoisotopic (exact) mass is 566 g/mol. The minimum atomic E-state index is -0.552. The van der Waals surface area contributed by atoms with Crippen LogP contribution in [0.4, 0.5) is 0 Å². The molecular formula is C32H23BrO5. The second-order valence-corrected chi connectivity index (χ2v) is 9.35. The molecular weight excluding hydrogens is 544 g/mol. The SMILES string of the molecule is CCOc1ccc2oc(-c3ccccc3)c(C(=O)Oc3cccc(C=CC(=O)c4ccc(Br)cc4)c3)c2c1. The summed E-state index contributed by atoms with van der Waals surface area (Å²) in [6, 6.07) is 29.0. The zero-order valence-corrected chi connectivity index (χ0v) is 22.1. The third kappa shape index (κ3) is 5.61. The molecule has 0 aliphatic rings. The first-order valence-corrected chi connectivity index (χ1v) is 12.9. The van der Waals surface area contributed by atoms with Gasteiger partial charge < -0.3 is 13.9 Å². The normalized spacial score (nSPS) is 11.1. The van der Waals surface area contributed by atoms with E-state index in [4.69, 9.17) is 13.9 Å². The van der Waals surface area contributed by atoms with E-state index < -0.39 is 5.97 Å². The molecule has 0 saturated heterocycles. The van der Waals surface area contributed by atoms with Crippen molar-refractivity contribution in [1.29, 1.82) is 0 Å².